The molecule has 0 aliphatic carbocycles. The highest BCUT2D eigenvalue weighted by Gasteiger charge is 2.26. The highest BCUT2D eigenvalue weighted by molar-refractivity contribution is 5.89. The van der Waals surface area contributed by atoms with Gasteiger partial charge in [0.15, 0.2) is 0 Å². The van der Waals surface area contributed by atoms with Gasteiger partial charge in [0.25, 0.3) is 0 Å². The van der Waals surface area contributed by atoms with Crippen LogP contribution in [-0.4, -0.2) is 4.57 Å². The van der Waals surface area contributed by atoms with E-state index >= 15 is 0 Å². The number of fused-ring (bicyclic) bond motifs is 1. The van der Waals surface area contributed by atoms with Gasteiger partial charge < -0.3 is 4.57 Å². The van der Waals surface area contributed by atoms with Gasteiger partial charge >= 0.3 is 0 Å². The highest BCUT2D eigenvalue weighted by atomic mass is 15.0. The Hall–Kier alpha value is -4.10. The monoisotopic (exact) mass is 509 g/mol. The predicted octanol–water partition coefficient (Wildman–Crippen LogP) is 10.1. The van der Waals surface area contributed by atoms with E-state index in [4.69, 9.17) is 0 Å². The second-order valence-electron chi connectivity index (χ2n) is 11.7. The van der Waals surface area contributed by atoms with Crippen LogP contribution in [0.15, 0.2) is 116 Å². The molecule has 0 atom stereocenters. The second kappa shape index (κ2) is 10.2. The van der Waals surface area contributed by atoms with Gasteiger partial charge in [-0.15, -0.1) is 0 Å². The minimum absolute atomic E-state index is 0.0482. The van der Waals surface area contributed by atoms with Gasteiger partial charge in [-0.2, -0.15) is 0 Å². The third-order valence-corrected chi connectivity index (χ3v) is 8.51. The van der Waals surface area contributed by atoms with E-state index in [1.54, 1.807) is 0 Å². The number of aryl methyl sites for hydroxylation is 2. The molecule has 0 amide bonds. The minimum atomic E-state index is -0.120. The van der Waals surface area contributed by atoms with Crippen LogP contribution in [0.25, 0.3) is 22.7 Å². The number of benzene rings is 4. The number of nitrogens with zero attached hydrogens (tertiary/aromatic N) is 1. The molecule has 5 rings (SSSR count). The summed E-state index contributed by atoms with van der Waals surface area (Å²) in [5, 5.41) is 1.28. The SMILES string of the molecule is C=C/C=C\c1c(C)c2ccccc2n1-c1ccc(C(C)(C)c2ccc(C(C)(C)c3ccc(C)cc3)cc2)cc1. The summed E-state index contributed by atoms with van der Waals surface area (Å²) in [5.41, 5.74) is 11.3. The fraction of sp³-hybridized carbons (Fsp3) is 0.211. The van der Waals surface area contributed by atoms with Crippen molar-refractivity contribution in [2.45, 2.75) is 52.4 Å². The Morgan fingerprint density at radius 3 is 1.59 bits per heavy atom. The molecule has 0 radical (unpaired) electrons. The van der Waals surface area contributed by atoms with Crippen LogP contribution in [0, 0.1) is 13.8 Å². The number of rotatable bonds is 7. The van der Waals surface area contributed by atoms with Gasteiger partial charge in [-0.05, 0) is 65.9 Å². The maximum atomic E-state index is 3.87. The molecule has 0 saturated carbocycles. The summed E-state index contributed by atoms with van der Waals surface area (Å²) >= 11 is 0. The Morgan fingerprint density at radius 2 is 1.08 bits per heavy atom. The third-order valence-electron chi connectivity index (χ3n) is 8.51. The molecular weight excluding hydrogens is 470 g/mol. The molecule has 1 heteroatoms. The smallest absolute Gasteiger partial charge is 0.0537 e. The molecule has 0 aliphatic heterocycles. The summed E-state index contributed by atoms with van der Waals surface area (Å²) in [6, 6.07) is 35.8. The van der Waals surface area contributed by atoms with Crippen molar-refractivity contribution in [2.24, 2.45) is 0 Å². The Balaban J connectivity index is 1.47. The topological polar surface area (TPSA) is 4.93 Å². The third kappa shape index (κ3) is 4.79. The number of allylic oxidation sites excluding steroid dienone is 2. The van der Waals surface area contributed by atoms with Crippen molar-refractivity contribution in [1.29, 1.82) is 0 Å². The zero-order valence-electron chi connectivity index (χ0n) is 24.1. The molecule has 4 aromatic carbocycles. The molecular formula is C38H39N. The molecule has 0 fully saturated rings. The Morgan fingerprint density at radius 1 is 0.615 bits per heavy atom. The lowest BCUT2D eigenvalue weighted by Crippen LogP contribution is -2.21. The first-order chi connectivity index (χ1) is 18.6. The van der Waals surface area contributed by atoms with Gasteiger partial charge in [-0.3, -0.25) is 0 Å². The summed E-state index contributed by atoms with van der Waals surface area (Å²) in [7, 11) is 0. The lowest BCUT2D eigenvalue weighted by molar-refractivity contribution is 0.626. The Labute approximate surface area is 234 Å². The molecule has 1 aromatic heterocycles. The average molecular weight is 510 g/mol. The zero-order chi connectivity index (χ0) is 27.8. The van der Waals surface area contributed by atoms with Gasteiger partial charge in [-0.1, -0.05) is 131 Å². The van der Waals surface area contributed by atoms with Crippen molar-refractivity contribution in [2.75, 3.05) is 0 Å². The Bertz CT molecular complexity index is 1640. The van der Waals surface area contributed by atoms with Crippen LogP contribution in [0.2, 0.25) is 0 Å². The summed E-state index contributed by atoms with van der Waals surface area (Å²) in [5.74, 6) is 0. The van der Waals surface area contributed by atoms with Gasteiger partial charge in [0.2, 0.25) is 0 Å². The van der Waals surface area contributed by atoms with Crippen LogP contribution in [0.5, 0.6) is 0 Å². The van der Waals surface area contributed by atoms with E-state index in [-0.39, 0.29) is 10.8 Å². The molecule has 0 N–H and O–H groups in total. The first-order valence-corrected chi connectivity index (χ1v) is 13.8. The molecule has 1 heterocycles. The molecule has 0 spiro atoms. The van der Waals surface area contributed by atoms with Crippen molar-refractivity contribution in [3.63, 3.8) is 0 Å². The van der Waals surface area contributed by atoms with Crippen LogP contribution >= 0.6 is 0 Å². The van der Waals surface area contributed by atoms with E-state index in [1.807, 2.05) is 12.2 Å². The molecule has 1 nitrogen and oxygen atoms in total. The zero-order valence-corrected chi connectivity index (χ0v) is 24.1. The van der Waals surface area contributed by atoms with Crippen LogP contribution in [0.4, 0.5) is 0 Å². The van der Waals surface area contributed by atoms with Crippen LogP contribution < -0.4 is 0 Å². The van der Waals surface area contributed by atoms with Crippen molar-refractivity contribution >= 4 is 17.0 Å². The summed E-state index contributed by atoms with van der Waals surface area (Å²) < 4.78 is 2.35. The second-order valence-corrected chi connectivity index (χ2v) is 11.7. The first-order valence-electron chi connectivity index (χ1n) is 13.8. The lowest BCUT2D eigenvalue weighted by atomic mass is 9.74. The standard InChI is InChI=1S/C38H39N/c1-8-9-13-35-28(3)34-12-10-11-14-36(34)39(35)33-25-23-32(24-26-33)38(6,7)31-21-19-30(20-22-31)37(4,5)29-17-15-27(2)16-18-29/h8-26H,1H2,2-7H3/b13-9-. The minimum Gasteiger partial charge on any atom is -0.310 e. The van der Waals surface area contributed by atoms with Crippen LogP contribution in [0.1, 0.15) is 66.8 Å². The molecule has 0 saturated heterocycles. The van der Waals surface area contributed by atoms with Crippen molar-refractivity contribution in [3.8, 4) is 5.69 Å². The summed E-state index contributed by atoms with van der Waals surface area (Å²) in [6.45, 7) is 17.5. The van der Waals surface area contributed by atoms with E-state index in [0.29, 0.717) is 0 Å². The largest absolute Gasteiger partial charge is 0.310 e. The van der Waals surface area contributed by atoms with Crippen molar-refractivity contribution in [3.05, 3.63) is 155 Å². The molecule has 0 unspecified atom stereocenters. The number of hydrogen-bond donors (Lipinski definition) is 0. The van der Waals surface area contributed by atoms with Crippen LogP contribution in [0.3, 0.4) is 0 Å². The molecule has 0 aliphatic rings. The van der Waals surface area contributed by atoms with Gasteiger partial charge in [0, 0.05) is 27.6 Å². The van der Waals surface area contributed by atoms with Gasteiger partial charge in [0.1, 0.15) is 0 Å². The Kier molecular flexibility index (Phi) is 6.95. The number of hydrogen-bond acceptors (Lipinski definition) is 0. The van der Waals surface area contributed by atoms with Gasteiger partial charge in [-0.25, -0.2) is 0 Å². The molecule has 5 aromatic rings. The lowest BCUT2D eigenvalue weighted by Gasteiger charge is -2.30. The predicted molar refractivity (Wildman–Crippen MR) is 169 cm³/mol. The van der Waals surface area contributed by atoms with E-state index in [2.05, 4.69) is 156 Å². The number of para-hydroxylation sites is 1. The summed E-state index contributed by atoms with van der Waals surface area (Å²) in [4.78, 5) is 0. The molecule has 39 heavy (non-hydrogen) atoms. The number of aromatic nitrogens is 1. The normalized spacial score (nSPS) is 12.4. The maximum Gasteiger partial charge on any atom is 0.0537 e. The quantitative estimate of drug-likeness (QED) is 0.192. The fourth-order valence-electron chi connectivity index (χ4n) is 5.69. The van der Waals surface area contributed by atoms with Crippen molar-refractivity contribution < 1.29 is 0 Å². The van der Waals surface area contributed by atoms with Crippen LogP contribution in [-0.2, 0) is 10.8 Å². The van der Waals surface area contributed by atoms with E-state index < -0.39 is 0 Å². The fourth-order valence-corrected chi connectivity index (χ4v) is 5.69. The highest BCUT2D eigenvalue weighted by Crippen LogP contribution is 2.37. The maximum absolute atomic E-state index is 3.87. The summed E-state index contributed by atoms with van der Waals surface area (Å²) in [6.07, 6.45) is 6.00. The average Bonchev–Trinajstić information content (AvgIpc) is 3.23. The molecule has 0 bridgehead atoms. The van der Waals surface area contributed by atoms with Crippen molar-refractivity contribution in [1.82, 2.24) is 4.57 Å². The molecule has 196 valence electrons. The van der Waals surface area contributed by atoms with E-state index in [0.717, 1.165) is 5.69 Å². The van der Waals surface area contributed by atoms with Gasteiger partial charge in [0.05, 0.1) is 5.52 Å². The van der Waals surface area contributed by atoms with E-state index in [1.165, 1.54) is 50.0 Å². The first kappa shape index (κ1) is 26.5. The van der Waals surface area contributed by atoms with E-state index in [9.17, 15) is 0 Å².